The first-order chi connectivity index (χ1) is 6.72. The van der Waals surface area contributed by atoms with Crippen LogP contribution in [0.25, 0.3) is 5.32 Å². The molecule has 1 radical (unpaired) electrons. The number of hydrogen-bond acceptors (Lipinski definition) is 1. The maximum absolute atomic E-state index is 11.3. The number of allylic oxidation sites excluding steroid dienone is 2. The molecule has 0 aromatic rings. The summed E-state index contributed by atoms with van der Waals surface area (Å²) in [5.41, 5.74) is 0. The summed E-state index contributed by atoms with van der Waals surface area (Å²) in [5, 5.41) is 4.37. The molecule has 81 valence electrons. The molecule has 0 bridgehead atoms. The zero-order valence-corrected chi connectivity index (χ0v) is 14.3. The minimum absolute atomic E-state index is 0. The molecule has 0 aromatic carbocycles. The maximum Gasteiger partial charge on any atom is 0.132 e. The SMILES string of the molecule is C/C=C\[C@@H]1C[C@H](C(C)=O)C[C@H]1[C@@H]1C[N-]1.[Ac]. The summed E-state index contributed by atoms with van der Waals surface area (Å²) in [6.45, 7) is 4.81. The van der Waals surface area contributed by atoms with Gasteiger partial charge in [0.15, 0.2) is 0 Å². The van der Waals surface area contributed by atoms with Gasteiger partial charge >= 0.3 is 0 Å². The number of rotatable bonds is 3. The average Bonchev–Trinajstić information content (AvgIpc) is 2.89. The van der Waals surface area contributed by atoms with E-state index in [1.54, 1.807) is 6.92 Å². The van der Waals surface area contributed by atoms with Gasteiger partial charge in [-0.15, -0.1) is 0 Å². The van der Waals surface area contributed by atoms with Crippen LogP contribution in [0.5, 0.6) is 0 Å². The molecule has 2 fully saturated rings. The predicted molar refractivity (Wildman–Crippen MR) is 57.2 cm³/mol. The zero-order valence-electron chi connectivity index (χ0n) is 9.52. The van der Waals surface area contributed by atoms with Crippen molar-refractivity contribution in [3.05, 3.63) is 17.5 Å². The summed E-state index contributed by atoms with van der Waals surface area (Å²) in [5.74, 6) is 1.92. The summed E-state index contributed by atoms with van der Waals surface area (Å²) in [7, 11) is 0. The first-order valence-corrected chi connectivity index (χ1v) is 5.52. The molecule has 0 spiro atoms. The topological polar surface area (TPSA) is 31.2 Å². The van der Waals surface area contributed by atoms with Crippen LogP contribution in [0.15, 0.2) is 12.2 Å². The maximum atomic E-state index is 11.3. The van der Waals surface area contributed by atoms with Crippen molar-refractivity contribution >= 4 is 5.78 Å². The van der Waals surface area contributed by atoms with E-state index in [1.807, 2.05) is 0 Å². The van der Waals surface area contributed by atoms with Crippen LogP contribution in [-0.2, 0) is 4.79 Å². The molecule has 1 aliphatic heterocycles. The molecule has 1 aliphatic carbocycles. The van der Waals surface area contributed by atoms with Crippen LogP contribution in [0, 0.1) is 61.8 Å². The van der Waals surface area contributed by atoms with Crippen LogP contribution < -0.4 is 0 Å². The van der Waals surface area contributed by atoms with Gasteiger partial charge in [0.2, 0.25) is 0 Å². The number of nitrogens with zero attached hydrogens (tertiary/aromatic N) is 1. The van der Waals surface area contributed by atoms with Gasteiger partial charge < -0.3 is 5.32 Å². The molecule has 0 amide bonds. The smallest absolute Gasteiger partial charge is 0.132 e. The Kier molecular flexibility index (Phi) is 5.49. The third-order valence-corrected chi connectivity index (χ3v) is 3.57. The number of Topliss-reactive ketones (excluding diaryl/α,β-unsaturated/α-hetero) is 1. The summed E-state index contributed by atoms with van der Waals surface area (Å²) in [4.78, 5) is 11.3. The molecule has 0 aromatic heterocycles. The number of carbonyl (C=O) groups is 1. The Hall–Kier alpha value is 0.812. The van der Waals surface area contributed by atoms with Crippen LogP contribution >= 0.6 is 0 Å². The Balaban J connectivity index is 0.00000112. The van der Waals surface area contributed by atoms with Crippen molar-refractivity contribution in [2.75, 3.05) is 6.54 Å². The molecule has 15 heavy (non-hydrogen) atoms. The normalized spacial score (nSPS) is 39.1. The van der Waals surface area contributed by atoms with Crippen LogP contribution in [-0.4, -0.2) is 18.4 Å². The molecule has 1 heterocycles. The Labute approximate surface area is 128 Å². The molecular formula is C12H18AcNO-. The molecular weight excluding hydrogens is 401 g/mol. The van der Waals surface area contributed by atoms with E-state index >= 15 is 0 Å². The van der Waals surface area contributed by atoms with Crippen LogP contribution in [0.1, 0.15) is 26.7 Å². The number of ketones is 1. The summed E-state index contributed by atoms with van der Waals surface area (Å²) in [6, 6.07) is 0.570. The second-order valence-electron chi connectivity index (χ2n) is 4.56. The number of carbonyl (C=O) groups excluding carboxylic acids is 1. The van der Waals surface area contributed by atoms with E-state index in [1.165, 1.54) is 0 Å². The van der Waals surface area contributed by atoms with Gasteiger partial charge in [-0.2, -0.15) is 12.6 Å². The summed E-state index contributed by atoms with van der Waals surface area (Å²) >= 11 is 0. The molecule has 2 nitrogen and oxygen atoms in total. The van der Waals surface area contributed by atoms with E-state index in [2.05, 4.69) is 24.4 Å². The van der Waals surface area contributed by atoms with Crippen molar-refractivity contribution in [2.24, 2.45) is 17.8 Å². The Morgan fingerprint density at radius 3 is 2.53 bits per heavy atom. The van der Waals surface area contributed by atoms with Gasteiger partial charge in [0.1, 0.15) is 5.78 Å². The van der Waals surface area contributed by atoms with E-state index in [0.29, 0.717) is 29.6 Å². The van der Waals surface area contributed by atoms with Crippen LogP contribution in [0.4, 0.5) is 0 Å². The van der Waals surface area contributed by atoms with E-state index in [-0.39, 0.29) is 44.1 Å². The van der Waals surface area contributed by atoms with E-state index in [9.17, 15) is 4.79 Å². The second-order valence-corrected chi connectivity index (χ2v) is 4.56. The summed E-state index contributed by atoms with van der Waals surface area (Å²) < 4.78 is 0. The van der Waals surface area contributed by atoms with Crippen molar-refractivity contribution < 1.29 is 48.9 Å². The van der Waals surface area contributed by atoms with Crippen LogP contribution in [0.3, 0.4) is 0 Å². The van der Waals surface area contributed by atoms with Gasteiger partial charge in [-0.1, -0.05) is 18.1 Å². The van der Waals surface area contributed by atoms with E-state index in [4.69, 9.17) is 0 Å². The van der Waals surface area contributed by atoms with Gasteiger partial charge in [0.05, 0.1) is 0 Å². The first kappa shape index (κ1) is 13.9. The van der Waals surface area contributed by atoms with E-state index in [0.717, 1.165) is 19.4 Å². The van der Waals surface area contributed by atoms with Crippen molar-refractivity contribution in [1.29, 1.82) is 0 Å². The summed E-state index contributed by atoms with van der Waals surface area (Å²) in [6.07, 6.45) is 6.50. The molecule has 3 heteroatoms. The fourth-order valence-electron chi connectivity index (χ4n) is 2.68. The molecule has 0 unspecified atom stereocenters. The third-order valence-electron chi connectivity index (χ3n) is 3.57. The monoisotopic (exact) mass is 419 g/mol. The van der Waals surface area contributed by atoms with Crippen molar-refractivity contribution in [1.82, 2.24) is 0 Å². The van der Waals surface area contributed by atoms with Crippen molar-refractivity contribution in [3.63, 3.8) is 0 Å². The zero-order chi connectivity index (χ0) is 10.1. The first-order valence-electron chi connectivity index (χ1n) is 5.52. The van der Waals surface area contributed by atoms with Gasteiger partial charge in [-0.3, -0.25) is 4.79 Å². The quantitative estimate of drug-likeness (QED) is 0.511. The Morgan fingerprint density at radius 2 is 2.07 bits per heavy atom. The minimum atomic E-state index is 0. The van der Waals surface area contributed by atoms with Crippen molar-refractivity contribution in [3.8, 4) is 0 Å². The van der Waals surface area contributed by atoms with E-state index < -0.39 is 0 Å². The Morgan fingerprint density at radius 1 is 1.40 bits per heavy atom. The van der Waals surface area contributed by atoms with Crippen molar-refractivity contribution in [2.45, 2.75) is 32.7 Å². The standard InChI is InChI=1S/C12H18NO.Ac/c1-3-4-9-5-10(8(2)14)6-11(9)12-7-13-12;/h3-4,9-12H,5-7H2,1-2H3;/q-1;/b4-3-;/t9-,10+,11-,12+;/m1./s1. The molecule has 4 atom stereocenters. The largest absolute Gasteiger partial charge is 0.662 e. The fourth-order valence-corrected chi connectivity index (χ4v) is 2.68. The predicted octanol–water partition coefficient (Wildman–Crippen LogP) is 2.55. The molecule has 1 saturated heterocycles. The molecule has 0 N–H and O–H groups in total. The molecule has 2 aliphatic rings. The molecule has 1 saturated carbocycles. The third kappa shape index (κ3) is 3.38. The van der Waals surface area contributed by atoms with Gasteiger partial charge in [0, 0.05) is 50.0 Å². The Bertz CT molecular complexity index is 260. The van der Waals surface area contributed by atoms with Gasteiger partial charge in [0.25, 0.3) is 0 Å². The molecule has 2 rings (SSSR count). The van der Waals surface area contributed by atoms with Crippen LogP contribution in [0.2, 0.25) is 0 Å². The minimum Gasteiger partial charge on any atom is -0.662 e. The van der Waals surface area contributed by atoms with Gasteiger partial charge in [-0.05, 0) is 32.6 Å². The second kappa shape index (κ2) is 5.94. The van der Waals surface area contributed by atoms with Gasteiger partial charge in [-0.25, -0.2) is 0 Å². The number of hydrogen-bond donors (Lipinski definition) is 0. The fraction of sp³-hybridized carbons (Fsp3) is 0.750. The average molecular weight is 419 g/mol.